The van der Waals surface area contributed by atoms with E-state index in [-0.39, 0.29) is 0 Å². The van der Waals surface area contributed by atoms with Crippen molar-refractivity contribution >= 4 is 11.8 Å². The minimum Gasteiger partial charge on any atom is -0.348 e. The fourth-order valence-electron chi connectivity index (χ4n) is 2.88. The summed E-state index contributed by atoms with van der Waals surface area (Å²) in [5.74, 6) is -1.08. The van der Waals surface area contributed by atoms with Crippen molar-refractivity contribution in [1.82, 2.24) is 15.5 Å². The van der Waals surface area contributed by atoms with E-state index >= 15 is 0 Å². The molecule has 0 saturated carbocycles. The lowest BCUT2D eigenvalue weighted by atomic mass is 10.1. The molecule has 1 heterocycles. The van der Waals surface area contributed by atoms with Crippen molar-refractivity contribution in [1.29, 1.82) is 0 Å². The zero-order valence-electron chi connectivity index (χ0n) is 13.2. The smallest absolute Gasteiger partial charge is 0.309 e. The maximum atomic E-state index is 11.8. The molecule has 1 aromatic rings. The maximum Gasteiger partial charge on any atom is 0.309 e. The van der Waals surface area contributed by atoms with Gasteiger partial charge in [0.25, 0.3) is 0 Å². The summed E-state index contributed by atoms with van der Waals surface area (Å²) in [4.78, 5) is 25.9. The molecule has 1 aliphatic rings. The average Bonchev–Trinajstić information content (AvgIpc) is 3.01. The lowest BCUT2D eigenvalue weighted by Crippen LogP contribution is -2.45. The van der Waals surface area contributed by atoms with E-state index in [1.807, 2.05) is 30.3 Å². The highest BCUT2D eigenvalue weighted by Gasteiger charge is 2.24. The first-order chi connectivity index (χ1) is 10.7. The Labute approximate surface area is 132 Å². The van der Waals surface area contributed by atoms with E-state index in [4.69, 9.17) is 0 Å². The number of carbonyl (C=O) groups excluding carboxylic acids is 2. The van der Waals surface area contributed by atoms with Gasteiger partial charge in [-0.25, -0.2) is 0 Å². The number of hydrogen-bond donors (Lipinski definition) is 2. The van der Waals surface area contributed by atoms with Gasteiger partial charge in [0.15, 0.2) is 0 Å². The molecule has 5 nitrogen and oxygen atoms in total. The highest BCUT2D eigenvalue weighted by Crippen LogP contribution is 2.15. The topological polar surface area (TPSA) is 61.4 Å². The van der Waals surface area contributed by atoms with Gasteiger partial charge < -0.3 is 10.6 Å². The summed E-state index contributed by atoms with van der Waals surface area (Å²) in [6, 6.07) is 10.3. The molecular formula is C17H25N3O2. The zero-order valence-corrected chi connectivity index (χ0v) is 13.2. The molecule has 1 aromatic carbocycles. The summed E-state index contributed by atoms with van der Waals surface area (Å²) in [6.45, 7) is 5.22. The van der Waals surface area contributed by atoms with Crippen LogP contribution >= 0.6 is 0 Å². The Bertz CT molecular complexity index is 490. The highest BCUT2D eigenvalue weighted by molar-refractivity contribution is 6.35. The summed E-state index contributed by atoms with van der Waals surface area (Å²) in [5.41, 5.74) is 1.15. The normalized spacial score (nSPS) is 18.1. The molecule has 5 heteroatoms. The van der Waals surface area contributed by atoms with Crippen LogP contribution in [0.1, 0.15) is 25.3 Å². The lowest BCUT2D eigenvalue weighted by molar-refractivity contribution is -0.139. The quantitative estimate of drug-likeness (QED) is 0.769. The van der Waals surface area contributed by atoms with Gasteiger partial charge >= 0.3 is 11.8 Å². The van der Waals surface area contributed by atoms with Crippen molar-refractivity contribution < 1.29 is 9.59 Å². The van der Waals surface area contributed by atoms with Gasteiger partial charge in [0.05, 0.1) is 0 Å². The molecule has 0 radical (unpaired) electrons. The molecule has 1 aliphatic heterocycles. The number of benzene rings is 1. The first-order valence-electron chi connectivity index (χ1n) is 8.04. The summed E-state index contributed by atoms with van der Waals surface area (Å²) < 4.78 is 0. The SMILES string of the molecule is CCN1CCC[C@@H]1CNC(=O)C(=O)NCCc1ccccc1. The van der Waals surface area contributed by atoms with Gasteiger partial charge in [-0.05, 0) is 37.9 Å². The Balaban J connectivity index is 1.65. The Kier molecular flexibility index (Phi) is 6.40. The van der Waals surface area contributed by atoms with Crippen LogP contribution in [0.2, 0.25) is 0 Å². The van der Waals surface area contributed by atoms with Crippen molar-refractivity contribution in [3.63, 3.8) is 0 Å². The minimum atomic E-state index is -0.544. The van der Waals surface area contributed by atoms with Gasteiger partial charge in [0, 0.05) is 19.1 Å². The van der Waals surface area contributed by atoms with Crippen LogP contribution in [0.15, 0.2) is 30.3 Å². The largest absolute Gasteiger partial charge is 0.348 e. The molecule has 0 bridgehead atoms. The summed E-state index contributed by atoms with van der Waals surface area (Å²) in [5, 5.41) is 5.41. The molecule has 1 saturated heterocycles. The molecule has 1 atom stereocenters. The van der Waals surface area contributed by atoms with Crippen LogP contribution in [-0.4, -0.2) is 48.9 Å². The van der Waals surface area contributed by atoms with Crippen LogP contribution in [0.3, 0.4) is 0 Å². The lowest BCUT2D eigenvalue weighted by Gasteiger charge is -2.22. The van der Waals surface area contributed by atoms with Gasteiger partial charge in [0.1, 0.15) is 0 Å². The monoisotopic (exact) mass is 303 g/mol. The fourth-order valence-corrected chi connectivity index (χ4v) is 2.88. The molecule has 22 heavy (non-hydrogen) atoms. The molecule has 0 spiro atoms. The summed E-state index contributed by atoms with van der Waals surface area (Å²) >= 11 is 0. The summed E-state index contributed by atoms with van der Waals surface area (Å²) in [7, 11) is 0. The number of rotatable bonds is 6. The number of nitrogens with one attached hydrogen (secondary N) is 2. The van der Waals surface area contributed by atoms with E-state index in [1.54, 1.807) is 0 Å². The molecule has 120 valence electrons. The molecule has 2 rings (SSSR count). The van der Waals surface area contributed by atoms with Crippen LogP contribution in [0.5, 0.6) is 0 Å². The number of carbonyl (C=O) groups is 2. The van der Waals surface area contributed by atoms with E-state index in [2.05, 4.69) is 22.5 Å². The Morgan fingerprint density at radius 1 is 1.18 bits per heavy atom. The van der Waals surface area contributed by atoms with Crippen LogP contribution < -0.4 is 10.6 Å². The predicted octanol–water partition coefficient (Wildman–Crippen LogP) is 0.946. The molecule has 0 aliphatic carbocycles. The van der Waals surface area contributed by atoms with Crippen LogP contribution in [-0.2, 0) is 16.0 Å². The number of nitrogens with zero attached hydrogens (tertiary/aromatic N) is 1. The molecule has 2 amide bonds. The number of likely N-dealkylation sites (N-methyl/N-ethyl adjacent to an activating group) is 1. The molecule has 0 unspecified atom stereocenters. The molecule has 0 aromatic heterocycles. The molecule has 1 fully saturated rings. The van der Waals surface area contributed by atoms with Gasteiger partial charge in [-0.1, -0.05) is 37.3 Å². The van der Waals surface area contributed by atoms with Gasteiger partial charge in [-0.2, -0.15) is 0 Å². The Morgan fingerprint density at radius 2 is 1.91 bits per heavy atom. The van der Waals surface area contributed by atoms with E-state index in [1.165, 1.54) is 0 Å². The third-order valence-electron chi connectivity index (χ3n) is 4.15. The predicted molar refractivity (Wildman–Crippen MR) is 86.4 cm³/mol. The summed E-state index contributed by atoms with van der Waals surface area (Å²) in [6.07, 6.45) is 2.98. The minimum absolute atomic E-state index is 0.367. The van der Waals surface area contributed by atoms with Crippen molar-refractivity contribution in [2.45, 2.75) is 32.2 Å². The standard InChI is InChI=1S/C17H25N3O2/c1-2-20-12-6-9-15(20)13-19-17(22)16(21)18-11-10-14-7-4-3-5-8-14/h3-5,7-8,15H,2,6,9-13H2,1H3,(H,18,21)(H,19,22)/t15-/m1/s1. The van der Waals surface area contributed by atoms with E-state index in [0.29, 0.717) is 19.1 Å². The van der Waals surface area contributed by atoms with Crippen molar-refractivity contribution in [2.75, 3.05) is 26.2 Å². The van der Waals surface area contributed by atoms with E-state index in [9.17, 15) is 9.59 Å². The van der Waals surface area contributed by atoms with E-state index in [0.717, 1.165) is 37.9 Å². The second-order valence-corrected chi connectivity index (χ2v) is 5.63. The first kappa shape index (κ1) is 16.5. The molecule has 2 N–H and O–H groups in total. The van der Waals surface area contributed by atoms with Gasteiger partial charge in [-0.3, -0.25) is 14.5 Å². The second-order valence-electron chi connectivity index (χ2n) is 5.63. The van der Waals surface area contributed by atoms with Crippen LogP contribution in [0.25, 0.3) is 0 Å². The Hall–Kier alpha value is -1.88. The first-order valence-corrected chi connectivity index (χ1v) is 8.04. The van der Waals surface area contributed by atoms with Crippen molar-refractivity contribution in [3.8, 4) is 0 Å². The number of likely N-dealkylation sites (tertiary alicyclic amines) is 1. The third kappa shape index (κ3) is 4.84. The van der Waals surface area contributed by atoms with Gasteiger partial charge in [0.2, 0.25) is 0 Å². The molecular weight excluding hydrogens is 278 g/mol. The highest BCUT2D eigenvalue weighted by atomic mass is 16.2. The van der Waals surface area contributed by atoms with E-state index < -0.39 is 11.8 Å². The second kappa shape index (κ2) is 8.54. The van der Waals surface area contributed by atoms with Crippen LogP contribution in [0, 0.1) is 0 Å². The van der Waals surface area contributed by atoms with Crippen molar-refractivity contribution in [3.05, 3.63) is 35.9 Å². The maximum absolute atomic E-state index is 11.8. The van der Waals surface area contributed by atoms with Crippen molar-refractivity contribution in [2.24, 2.45) is 0 Å². The zero-order chi connectivity index (χ0) is 15.8. The average molecular weight is 303 g/mol. The van der Waals surface area contributed by atoms with Crippen LogP contribution in [0.4, 0.5) is 0 Å². The number of amides is 2. The fraction of sp³-hybridized carbons (Fsp3) is 0.529. The number of hydrogen-bond acceptors (Lipinski definition) is 3. The Morgan fingerprint density at radius 3 is 2.64 bits per heavy atom. The van der Waals surface area contributed by atoms with Gasteiger partial charge in [-0.15, -0.1) is 0 Å². The third-order valence-corrected chi connectivity index (χ3v) is 4.15.